The maximum Gasteiger partial charge on any atom is 0.256 e. The lowest BCUT2D eigenvalue weighted by molar-refractivity contribution is 0.102. The van der Waals surface area contributed by atoms with Crippen LogP contribution in [0, 0.1) is 14.9 Å². The molecule has 1 N–H and O–H groups in total. The van der Waals surface area contributed by atoms with Crippen molar-refractivity contribution in [3.8, 4) is 0 Å². The van der Waals surface area contributed by atoms with E-state index >= 15 is 0 Å². The van der Waals surface area contributed by atoms with Crippen LogP contribution in [0.4, 0.5) is 5.69 Å². The lowest BCUT2D eigenvalue weighted by atomic mass is 9.72. The van der Waals surface area contributed by atoms with Gasteiger partial charge in [0.05, 0.1) is 5.56 Å². The monoisotopic (exact) mass is 439 g/mol. The van der Waals surface area contributed by atoms with Crippen LogP contribution >= 0.6 is 33.9 Å². The molecular formula is C19H22INOS. The number of amides is 1. The van der Waals surface area contributed by atoms with Crippen molar-refractivity contribution in [3.63, 3.8) is 0 Å². The van der Waals surface area contributed by atoms with Crippen molar-refractivity contribution < 1.29 is 4.79 Å². The van der Waals surface area contributed by atoms with Gasteiger partial charge in [0.1, 0.15) is 0 Å². The van der Waals surface area contributed by atoms with Gasteiger partial charge in [-0.15, -0.1) is 11.3 Å². The molecular weight excluding hydrogens is 417 g/mol. The summed E-state index contributed by atoms with van der Waals surface area (Å²) in [7, 11) is 0. The molecule has 3 rings (SSSR count). The Morgan fingerprint density at radius 2 is 1.96 bits per heavy atom. The Labute approximate surface area is 155 Å². The zero-order valence-corrected chi connectivity index (χ0v) is 16.8. The minimum Gasteiger partial charge on any atom is -0.322 e. The molecule has 2 nitrogen and oxygen atoms in total. The Kier molecular flexibility index (Phi) is 4.83. The quantitative estimate of drug-likeness (QED) is 0.593. The first-order valence-electron chi connectivity index (χ1n) is 8.01. The fraction of sp³-hybridized carbons (Fsp3) is 0.421. The number of hydrogen-bond acceptors (Lipinski definition) is 2. The summed E-state index contributed by atoms with van der Waals surface area (Å²) in [6, 6.07) is 7.92. The summed E-state index contributed by atoms with van der Waals surface area (Å²) < 4.78 is 1.17. The molecule has 1 unspecified atom stereocenters. The lowest BCUT2D eigenvalue weighted by Crippen LogP contribution is -2.27. The highest BCUT2D eigenvalue weighted by Gasteiger charge is 2.31. The lowest BCUT2D eigenvalue weighted by Gasteiger charge is -2.34. The van der Waals surface area contributed by atoms with Gasteiger partial charge in [-0.3, -0.25) is 4.79 Å². The number of anilines is 1. The van der Waals surface area contributed by atoms with Crippen molar-refractivity contribution in [3.05, 3.63) is 49.2 Å². The van der Waals surface area contributed by atoms with Crippen LogP contribution in [-0.2, 0) is 12.8 Å². The van der Waals surface area contributed by atoms with E-state index in [0.29, 0.717) is 11.3 Å². The van der Waals surface area contributed by atoms with Gasteiger partial charge in [-0.25, -0.2) is 0 Å². The van der Waals surface area contributed by atoms with Gasteiger partial charge in [0, 0.05) is 19.5 Å². The van der Waals surface area contributed by atoms with Crippen molar-refractivity contribution in [2.75, 3.05) is 5.32 Å². The predicted octanol–water partition coefficient (Wildman–Crippen LogP) is 5.76. The van der Waals surface area contributed by atoms with Gasteiger partial charge in [-0.1, -0.05) is 20.8 Å². The molecule has 0 bridgehead atoms. The van der Waals surface area contributed by atoms with E-state index in [2.05, 4.69) is 48.7 Å². The zero-order valence-electron chi connectivity index (χ0n) is 13.8. The molecule has 1 amide bonds. The molecule has 0 spiro atoms. The number of hydrogen-bond donors (Lipinski definition) is 1. The number of rotatable bonds is 2. The second-order valence-electron chi connectivity index (χ2n) is 7.32. The fourth-order valence-corrected chi connectivity index (χ4v) is 4.69. The summed E-state index contributed by atoms with van der Waals surface area (Å²) in [5.74, 6) is 0.735. The van der Waals surface area contributed by atoms with Gasteiger partial charge in [0.25, 0.3) is 5.91 Å². The van der Waals surface area contributed by atoms with Gasteiger partial charge < -0.3 is 5.32 Å². The molecule has 1 aliphatic rings. The summed E-state index contributed by atoms with van der Waals surface area (Å²) in [6.07, 6.45) is 3.31. The van der Waals surface area contributed by atoms with Crippen molar-refractivity contribution in [2.24, 2.45) is 11.3 Å². The van der Waals surface area contributed by atoms with Crippen LogP contribution in [0.3, 0.4) is 0 Å². The van der Waals surface area contributed by atoms with Crippen LogP contribution in [0.2, 0.25) is 0 Å². The van der Waals surface area contributed by atoms with E-state index in [1.807, 2.05) is 29.6 Å². The molecule has 122 valence electrons. The molecule has 2 aromatic rings. The zero-order chi connectivity index (χ0) is 16.6. The number of halogens is 1. The van der Waals surface area contributed by atoms with E-state index in [1.54, 1.807) is 11.3 Å². The summed E-state index contributed by atoms with van der Waals surface area (Å²) in [4.78, 5) is 14.0. The Morgan fingerprint density at radius 1 is 1.26 bits per heavy atom. The number of carbonyl (C=O) groups is 1. The average molecular weight is 439 g/mol. The maximum absolute atomic E-state index is 12.6. The summed E-state index contributed by atoms with van der Waals surface area (Å²) in [6.45, 7) is 6.96. The van der Waals surface area contributed by atoms with E-state index in [4.69, 9.17) is 0 Å². The van der Waals surface area contributed by atoms with Crippen LogP contribution in [0.15, 0.2) is 29.6 Å². The molecule has 1 aliphatic carbocycles. The first-order valence-corrected chi connectivity index (χ1v) is 9.96. The summed E-state index contributed by atoms with van der Waals surface area (Å²) in [5.41, 5.74) is 3.35. The molecule has 4 heteroatoms. The van der Waals surface area contributed by atoms with Crippen molar-refractivity contribution >= 4 is 45.5 Å². The third-order valence-electron chi connectivity index (χ3n) is 4.73. The van der Waals surface area contributed by atoms with Crippen LogP contribution in [0.5, 0.6) is 0 Å². The molecule has 1 atom stereocenters. The molecule has 0 saturated heterocycles. The Bertz CT molecular complexity index is 712. The fourth-order valence-electron chi connectivity index (χ4n) is 3.17. The molecule has 0 aliphatic heterocycles. The van der Waals surface area contributed by atoms with Gasteiger partial charge in [-0.05, 0) is 83.0 Å². The number of benzene rings is 1. The second-order valence-corrected chi connectivity index (χ2v) is 9.53. The van der Waals surface area contributed by atoms with Crippen molar-refractivity contribution in [1.29, 1.82) is 0 Å². The first kappa shape index (κ1) is 17.0. The number of thiophene rings is 1. The predicted molar refractivity (Wildman–Crippen MR) is 106 cm³/mol. The Balaban J connectivity index is 1.76. The van der Waals surface area contributed by atoms with E-state index in [1.165, 1.54) is 20.4 Å². The van der Waals surface area contributed by atoms with Gasteiger partial charge in [-0.2, -0.15) is 0 Å². The standard InChI is InChI=1S/C19H22INOS/c1-19(2,3)12-4-9-15-16(11-23-17(15)10-12)18(22)21-14-7-5-13(20)6-8-14/h5-8,11-12H,4,9-10H2,1-3H3,(H,21,22). The summed E-state index contributed by atoms with van der Waals surface area (Å²) >= 11 is 4.02. The largest absolute Gasteiger partial charge is 0.322 e. The normalized spacial score (nSPS) is 17.7. The number of fused-ring (bicyclic) bond motifs is 1. The minimum atomic E-state index is 0.0258. The molecule has 1 heterocycles. The highest BCUT2D eigenvalue weighted by molar-refractivity contribution is 14.1. The van der Waals surface area contributed by atoms with Crippen LogP contribution < -0.4 is 5.32 Å². The number of carbonyl (C=O) groups excluding carboxylic acids is 1. The smallest absolute Gasteiger partial charge is 0.256 e. The molecule has 1 aromatic heterocycles. The molecule has 0 fully saturated rings. The summed E-state index contributed by atoms with van der Waals surface area (Å²) in [5, 5.41) is 5.07. The highest BCUT2D eigenvalue weighted by atomic mass is 127. The van der Waals surface area contributed by atoms with E-state index in [0.717, 1.165) is 24.1 Å². The maximum atomic E-state index is 12.6. The van der Waals surface area contributed by atoms with Crippen molar-refractivity contribution in [1.82, 2.24) is 0 Å². The van der Waals surface area contributed by atoms with Gasteiger partial charge in [0.15, 0.2) is 0 Å². The van der Waals surface area contributed by atoms with Gasteiger partial charge >= 0.3 is 0 Å². The molecule has 1 aromatic carbocycles. The van der Waals surface area contributed by atoms with Gasteiger partial charge in [0.2, 0.25) is 0 Å². The highest BCUT2D eigenvalue weighted by Crippen LogP contribution is 2.40. The third-order valence-corrected chi connectivity index (χ3v) is 6.50. The second kappa shape index (κ2) is 6.55. The molecule has 0 radical (unpaired) electrons. The third kappa shape index (κ3) is 3.79. The topological polar surface area (TPSA) is 29.1 Å². The Morgan fingerprint density at radius 3 is 2.61 bits per heavy atom. The molecule has 23 heavy (non-hydrogen) atoms. The van der Waals surface area contributed by atoms with E-state index in [-0.39, 0.29) is 5.91 Å². The molecule has 0 saturated carbocycles. The van der Waals surface area contributed by atoms with Crippen LogP contribution in [0.25, 0.3) is 0 Å². The van der Waals surface area contributed by atoms with Crippen LogP contribution in [0.1, 0.15) is 48.0 Å². The van der Waals surface area contributed by atoms with E-state index in [9.17, 15) is 4.79 Å². The minimum absolute atomic E-state index is 0.0258. The van der Waals surface area contributed by atoms with Crippen LogP contribution in [-0.4, -0.2) is 5.91 Å². The van der Waals surface area contributed by atoms with E-state index < -0.39 is 0 Å². The SMILES string of the molecule is CC(C)(C)C1CCc2c(C(=O)Nc3ccc(I)cc3)csc2C1. The first-order chi connectivity index (χ1) is 10.8. The number of nitrogens with one attached hydrogen (secondary N) is 1. The van der Waals surface area contributed by atoms with Crippen molar-refractivity contribution in [2.45, 2.75) is 40.0 Å². The Hall–Kier alpha value is -0.880. The average Bonchev–Trinajstić information content (AvgIpc) is 2.92.